The van der Waals surface area contributed by atoms with Gasteiger partial charge in [-0.05, 0) is 129 Å². The Morgan fingerprint density at radius 1 is 0.143 bits per heavy atom. The molecule has 7 rings (SSSR count). The molecule has 0 aromatic heterocycles. The lowest BCUT2D eigenvalue weighted by molar-refractivity contribution is 0.866. The minimum absolute atomic E-state index is 0.653. The predicted molar refractivity (Wildman–Crippen MR) is 317 cm³/mol. The Labute approximate surface area is 432 Å². The molecule has 7 aromatic carbocycles. The largest absolute Gasteiger partial charge is 0.0590 e. The van der Waals surface area contributed by atoms with E-state index < -0.39 is 0 Å². The maximum absolute atomic E-state index is 2.21. The van der Waals surface area contributed by atoms with Crippen LogP contribution < -0.4 is 0 Å². The number of hydrogen-bond acceptors (Lipinski definition) is 0. The highest BCUT2D eigenvalue weighted by molar-refractivity contribution is 5.28. The second-order valence-electron chi connectivity index (χ2n) is 21.5. The number of rotatable bonds is 7. The molecule has 0 heterocycles. The summed E-state index contributed by atoms with van der Waals surface area (Å²) in [6.45, 7) is 45.8. The third-order valence-electron chi connectivity index (χ3n) is 12.2. The van der Waals surface area contributed by atoms with Crippen LogP contribution in [-0.2, 0) is 0 Å². The minimum Gasteiger partial charge on any atom is -0.0590 e. The average Bonchev–Trinajstić information content (AvgIpc) is 3.31. The van der Waals surface area contributed by atoms with Crippen LogP contribution in [0.3, 0.4) is 0 Å². The van der Waals surface area contributed by atoms with Crippen molar-refractivity contribution in [1.82, 2.24) is 0 Å². The maximum atomic E-state index is 2.21. The van der Waals surface area contributed by atoms with E-state index >= 15 is 0 Å². The third kappa shape index (κ3) is 27.7. The highest BCUT2D eigenvalue weighted by atomic mass is 14.1. The van der Waals surface area contributed by atoms with Gasteiger partial charge in [-0.2, -0.15) is 0 Å². The molecule has 0 saturated heterocycles. The van der Waals surface area contributed by atoms with E-state index in [9.17, 15) is 0 Å². The first-order chi connectivity index (χ1) is 32.9. The van der Waals surface area contributed by atoms with E-state index in [-0.39, 0.29) is 0 Å². The molecule has 0 unspecified atom stereocenters. The van der Waals surface area contributed by atoms with Gasteiger partial charge in [0.05, 0.1) is 0 Å². The highest BCUT2D eigenvalue weighted by Gasteiger charge is 2.00. The Kier molecular flexibility index (Phi) is 30.4. The molecule has 0 aliphatic carbocycles. The van der Waals surface area contributed by atoms with Crippen molar-refractivity contribution < 1.29 is 0 Å². The molecule has 0 spiro atoms. The summed E-state index contributed by atoms with van der Waals surface area (Å²) in [5, 5.41) is 0. The fourth-order valence-corrected chi connectivity index (χ4v) is 6.66. The van der Waals surface area contributed by atoms with Crippen LogP contribution in [0.2, 0.25) is 0 Å². The van der Waals surface area contributed by atoms with Gasteiger partial charge in [0.25, 0.3) is 0 Å². The van der Waals surface area contributed by atoms with Crippen LogP contribution in [0, 0.1) is 48.5 Å². The fraction of sp³-hybridized carbons (Fsp3) is 0.400. The first-order valence-electron chi connectivity index (χ1n) is 26.4. The van der Waals surface area contributed by atoms with Crippen molar-refractivity contribution in [2.24, 2.45) is 0 Å². The van der Waals surface area contributed by atoms with Gasteiger partial charge in [-0.1, -0.05) is 306 Å². The van der Waals surface area contributed by atoms with Crippen molar-refractivity contribution in [2.75, 3.05) is 0 Å². The van der Waals surface area contributed by atoms with Gasteiger partial charge in [0.2, 0.25) is 0 Å². The van der Waals surface area contributed by atoms with Gasteiger partial charge in [-0.25, -0.2) is 0 Å². The first kappa shape index (κ1) is 62.6. The Bertz CT molecular complexity index is 1840. The van der Waals surface area contributed by atoms with Crippen molar-refractivity contribution in [2.45, 2.75) is 187 Å². The van der Waals surface area contributed by atoms with Gasteiger partial charge in [-0.3, -0.25) is 0 Å². The topological polar surface area (TPSA) is 0 Å². The molecule has 70 heavy (non-hydrogen) atoms. The summed E-state index contributed by atoms with van der Waals surface area (Å²) in [5.74, 6) is 4.57. The van der Waals surface area contributed by atoms with Crippen LogP contribution >= 0.6 is 0 Å². The van der Waals surface area contributed by atoms with Gasteiger partial charge in [0.1, 0.15) is 0 Å². The zero-order valence-electron chi connectivity index (χ0n) is 48.2. The van der Waals surface area contributed by atoms with Gasteiger partial charge in [0.15, 0.2) is 0 Å². The lowest BCUT2D eigenvalue weighted by atomic mass is 10.0. The Morgan fingerprint density at radius 3 is 0.271 bits per heavy atom. The molecular weight excluding hydrogens is 841 g/mol. The number of aryl methyl sites for hydroxylation is 7. The van der Waals surface area contributed by atoms with E-state index in [0.717, 1.165) is 0 Å². The fourth-order valence-electron chi connectivity index (χ4n) is 6.66. The van der Waals surface area contributed by atoms with Crippen LogP contribution in [-0.4, -0.2) is 0 Å². The summed E-state index contributed by atoms with van der Waals surface area (Å²) in [4.78, 5) is 0. The van der Waals surface area contributed by atoms with Gasteiger partial charge < -0.3 is 0 Å². The molecule has 0 atom stereocenters. The standard InChI is InChI=1S/7C10H14/c7*1-8(2)10-6-4-9(3)5-7-10/h7*4-8H,1-3H3. The first-order valence-corrected chi connectivity index (χ1v) is 26.4. The molecule has 7 aromatic rings. The second kappa shape index (κ2) is 34.0. The van der Waals surface area contributed by atoms with Crippen molar-refractivity contribution in [3.8, 4) is 0 Å². The summed E-state index contributed by atoms with van der Waals surface area (Å²) < 4.78 is 0. The summed E-state index contributed by atoms with van der Waals surface area (Å²) in [7, 11) is 0. The van der Waals surface area contributed by atoms with Crippen LogP contribution in [0.1, 0.15) is 216 Å². The van der Waals surface area contributed by atoms with E-state index in [1.165, 1.54) is 77.9 Å². The molecule has 0 aliphatic heterocycles. The summed E-state index contributed by atoms with van der Waals surface area (Å²) in [6, 6.07) is 61.0. The molecule has 0 fully saturated rings. The van der Waals surface area contributed by atoms with Crippen molar-refractivity contribution >= 4 is 0 Å². The molecule has 378 valence electrons. The van der Waals surface area contributed by atoms with Crippen molar-refractivity contribution in [1.29, 1.82) is 0 Å². The van der Waals surface area contributed by atoms with Crippen LogP contribution in [0.5, 0.6) is 0 Å². The van der Waals surface area contributed by atoms with E-state index in [0.29, 0.717) is 41.4 Å². The molecule has 0 aliphatic rings. The molecular formula is C70H98. The summed E-state index contributed by atoms with van der Waals surface area (Å²) in [6.07, 6.45) is 0. The molecule has 0 heteroatoms. The zero-order valence-corrected chi connectivity index (χ0v) is 48.2. The Morgan fingerprint density at radius 2 is 0.214 bits per heavy atom. The predicted octanol–water partition coefficient (Wildman–Crippen LogP) is 21.8. The SMILES string of the molecule is Cc1ccc(C(C)C)cc1.Cc1ccc(C(C)C)cc1.Cc1ccc(C(C)C)cc1.Cc1ccc(C(C)C)cc1.Cc1ccc(C(C)C)cc1.Cc1ccc(C(C)C)cc1.Cc1ccc(C(C)C)cc1. The molecule has 0 radical (unpaired) electrons. The Balaban J connectivity index is 0.000000408. The number of benzene rings is 7. The molecule has 0 N–H and O–H groups in total. The van der Waals surface area contributed by atoms with Gasteiger partial charge in [-0.15, -0.1) is 0 Å². The highest BCUT2D eigenvalue weighted by Crippen LogP contribution is 2.18. The monoisotopic (exact) mass is 939 g/mol. The van der Waals surface area contributed by atoms with E-state index in [1.54, 1.807) is 0 Å². The summed E-state index contributed by atoms with van der Waals surface area (Å²) in [5.41, 5.74) is 19.3. The quantitative estimate of drug-likeness (QED) is 0.149. The molecule has 0 amide bonds. The van der Waals surface area contributed by atoms with E-state index in [4.69, 9.17) is 0 Å². The molecule has 0 bridgehead atoms. The van der Waals surface area contributed by atoms with Gasteiger partial charge >= 0.3 is 0 Å². The second-order valence-corrected chi connectivity index (χ2v) is 21.5. The maximum Gasteiger partial charge on any atom is -0.0219 e. The van der Waals surface area contributed by atoms with Crippen molar-refractivity contribution in [3.05, 3.63) is 248 Å². The van der Waals surface area contributed by atoms with Crippen molar-refractivity contribution in [3.63, 3.8) is 0 Å². The zero-order chi connectivity index (χ0) is 52.9. The smallest absolute Gasteiger partial charge is 0.0219 e. The van der Waals surface area contributed by atoms with Crippen LogP contribution in [0.15, 0.2) is 170 Å². The normalized spacial score (nSPS) is 10.4. The lowest BCUT2D eigenvalue weighted by Gasteiger charge is -2.03. The lowest BCUT2D eigenvalue weighted by Crippen LogP contribution is -1.85. The average molecular weight is 940 g/mol. The molecule has 0 nitrogen and oxygen atoms in total. The third-order valence-corrected chi connectivity index (χ3v) is 12.2. The molecule has 0 saturated carbocycles. The van der Waals surface area contributed by atoms with E-state index in [1.807, 2.05) is 0 Å². The van der Waals surface area contributed by atoms with Crippen LogP contribution in [0.4, 0.5) is 0 Å². The van der Waals surface area contributed by atoms with E-state index in [2.05, 4.69) is 315 Å². The number of hydrogen-bond donors (Lipinski definition) is 0. The van der Waals surface area contributed by atoms with Gasteiger partial charge in [0, 0.05) is 0 Å². The minimum atomic E-state index is 0.653. The summed E-state index contributed by atoms with van der Waals surface area (Å²) >= 11 is 0. The van der Waals surface area contributed by atoms with Crippen LogP contribution in [0.25, 0.3) is 0 Å². The Hall–Kier alpha value is -5.46.